The molecule has 4 rings (SSSR count). The molecular weight excluding hydrogens is 509 g/mol. The number of nitrogens with zero attached hydrogens (tertiary/aromatic N) is 4. The molecule has 0 bridgehead atoms. The molecule has 0 aliphatic rings. The van der Waals surface area contributed by atoms with Gasteiger partial charge >= 0.3 is 29.6 Å². The van der Waals surface area contributed by atoms with Crippen molar-refractivity contribution >= 4 is 27.7 Å². The first-order valence-corrected chi connectivity index (χ1v) is 12.7. The van der Waals surface area contributed by atoms with Gasteiger partial charge in [0.25, 0.3) is 0 Å². The first-order valence-electron chi connectivity index (χ1n) is 10.8. The van der Waals surface area contributed by atoms with Gasteiger partial charge in [-0.2, -0.15) is 5.10 Å². The van der Waals surface area contributed by atoms with Crippen molar-refractivity contribution in [3.8, 4) is 16.8 Å². The van der Waals surface area contributed by atoms with Gasteiger partial charge in [-0.1, -0.05) is 54.1 Å². The quantitative estimate of drug-likeness (QED) is 0.368. The second-order valence-electron chi connectivity index (χ2n) is 7.83. The first kappa shape index (κ1) is 27.9. The molecule has 2 aromatic heterocycles. The molecule has 0 atom stereocenters. The Hall–Kier alpha value is -2.69. The van der Waals surface area contributed by atoms with Crippen molar-refractivity contribution in [2.24, 2.45) is 0 Å². The summed E-state index contributed by atoms with van der Waals surface area (Å²) >= 11 is 5.84. The van der Waals surface area contributed by atoms with Gasteiger partial charge in [0.1, 0.15) is 0 Å². The van der Waals surface area contributed by atoms with E-state index in [2.05, 4.69) is 27.2 Å². The number of halogens is 1. The summed E-state index contributed by atoms with van der Waals surface area (Å²) in [5.74, 6) is 0. The molecule has 0 radical (unpaired) electrons. The molecule has 1 N–H and O–H groups in total. The summed E-state index contributed by atoms with van der Waals surface area (Å²) < 4.78 is 29.6. The number of urea groups is 1. The van der Waals surface area contributed by atoms with Gasteiger partial charge in [0.2, 0.25) is 10.0 Å². The van der Waals surface area contributed by atoms with E-state index in [1.807, 2.05) is 61.0 Å². The Morgan fingerprint density at radius 3 is 2.39 bits per heavy atom. The molecule has 8 nitrogen and oxygen atoms in total. The van der Waals surface area contributed by atoms with E-state index in [0.717, 1.165) is 33.8 Å². The van der Waals surface area contributed by atoms with Crippen molar-refractivity contribution in [2.45, 2.75) is 25.3 Å². The molecule has 0 aliphatic heterocycles. The van der Waals surface area contributed by atoms with Gasteiger partial charge < -0.3 is 10.0 Å². The average Bonchev–Trinajstić information content (AvgIpc) is 3.13. The van der Waals surface area contributed by atoms with Crippen LogP contribution in [-0.2, 0) is 16.4 Å². The third kappa shape index (κ3) is 6.35. The van der Waals surface area contributed by atoms with Crippen LogP contribution in [0.2, 0.25) is 5.02 Å². The molecule has 0 aliphatic carbocycles. The first-order chi connectivity index (χ1) is 16.8. The minimum atomic E-state index is -4.29. The maximum Gasteiger partial charge on any atom is 1.00 e. The van der Waals surface area contributed by atoms with Crippen LogP contribution in [0.3, 0.4) is 0 Å². The smallest absolute Gasteiger partial charge is 0.448 e. The Labute approximate surface area is 237 Å². The topological polar surface area (TPSA) is 108 Å². The van der Waals surface area contributed by atoms with E-state index in [0.29, 0.717) is 6.42 Å². The van der Waals surface area contributed by atoms with Gasteiger partial charge in [-0.3, -0.25) is 4.79 Å². The molecule has 0 unspecified atom stereocenters. The predicted molar refractivity (Wildman–Crippen MR) is 135 cm³/mol. The Kier molecular flexibility index (Phi) is 9.32. The van der Waals surface area contributed by atoms with Crippen molar-refractivity contribution in [3.63, 3.8) is 0 Å². The average molecular weight is 532 g/mol. The van der Waals surface area contributed by atoms with Gasteiger partial charge in [0.15, 0.2) is 11.1 Å². The third-order valence-corrected chi connectivity index (χ3v) is 7.03. The van der Waals surface area contributed by atoms with Crippen molar-refractivity contribution in [3.05, 3.63) is 99.6 Å². The van der Waals surface area contributed by atoms with Crippen LogP contribution in [0, 0.1) is 13.8 Å². The molecule has 0 saturated carbocycles. The minimum absolute atomic E-state index is 0. The Morgan fingerprint density at radius 1 is 1.03 bits per heavy atom. The fraction of sp³-hybridized carbons (Fsp3) is 0.160. The number of sulfonamides is 1. The van der Waals surface area contributed by atoms with Crippen LogP contribution in [0.5, 0.6) is 0 Å². The molecule has 0 fully saturated rings. The van der Waals surface area contributed by atoms with Crippen LogP contribution >= 0.6 is 11.6 Å². The van der Waals surface area contributed by atoms with E-state index >= 15 is 0 Å². The van der Waals surface area contributed by atoms with E-state index in [4.69, 9.17) is 16.7 Å². The van der Waals surface area contributed by atoms with Gasteiger partial charge in [0.05, 0.1) is 16.4 Å². The van der Waals surface area contributed by atoms with E-state index in [1.54, 1.807) is 0 Å². The van der Waals surface area contributed by atoms with Crippen LogP contribution in [0.25, 0.3) is 21.5 Å². The number of pyridine rings is 1. The number of nitrogens with one attached hydrogen (secondary N) is 1. The fourth-order valence-corrected chi connectivity index (χ4v) is 5.07. The molecule has 2 heterocycles. The van der Waals surface area contributed by atoms with Crippen LogP contribution < -0.4 is 34.9 Å². The number of carbonyl (C=O) groups excluding carboxylic acids is 1. The van der Waals surface area contributed by atoms with Crippen LogP contribution in [0.1, 0.15) is 17.0 Å². The molecule has 11 heteroatoms. The monoisotopic (exact) mass is 531 g/mol. The van der Waals surface area contributed by atoms with Crippen molar-refractivity contribution in [1.29, 1.82) is 0 Å². The molecule has 36 heavy (non-hydrogen) atoms. The molecular formula is C25H23ClN5NaO3S. The van der Waals surface area contributed by atoms with Gasteiger partial charge in [-0.05, 0) is 62.2 Å². The summed E-state index contributed by atoms with van der Waals surface area (Å²) in [6.45, 7) is 4.25. The predicted octanol–water partition coefficient (Wildman–Crippen LogP) is 2.22. The number of carbonyl (C=O) groups is 1. The van der Waals surface area contributed by atoms with Gasteiger partial charge in [-0.25, -0.2) is 18.1 Å². The fourth-order valence-electron chi connectivity index (χ4n) is 3.78. The maximum atomic E-state index is 12.2. The van der Waals surface area contributed by atoms with E-state index in [-0.39, 0.29) is 41.1 Å². The van der Waals surface area contributed by atoms with Gasteiger partial charge in [-0.15, -0.1) is 0 Å². The summed E-state index contributed by atoms with van der Waals surface area (Å²) in [6, 6.07) is 19.8. The number of hydrogen-bond donors (Lipinski definition) is 1. The molecule has 2 amide bonds. The Balaban J connectivity index is 0.00000361. The number of aryl methyl sites for hydroxylation is 1. The molecule has 0 spiro atoms. The van der Waals surface area contributed by atoms with Crippen LogP contribution in [0.15, 0.2) is 78.0 Å². The molecule has 4 aromatic rings. The van der Waals surface area contributed by atoms with E-state index in [1.165, 1.54) is 18.3 Å². The molecule has 0 saturated heterocycles. The summed E-state index contributed by atoms with van der Waals surface area (Å²) in [4.78, 5) is 15.7. The van der Waals surface area contributed by atoms with Crippen molar-refractivity contribution in [2.75, 3.05) is 6.54 Å². The number of aromatic nitrogens is 3. The Morgan fingerprint density at radius 2 is 1.72 bits per heavy atom. The van der Waals surface area contributed by atoms with Crippen molar-refractivity contribution in [1.82, 2.24) is 20.1 Å². The number of hydrogen-bond acceptors (Lipinski definition) is 5. The number of amides is 2. The summed E-state index contributed by atoms with van der Waals surface area (Å²) in [6.07, 6.45) is 1.77. The summed E-state index contributed by atoms with van der Waals surface area (Å²) in [7, 11) is -4.29. The largest absolute Gasteiger partial charge is 1.00 e. The summed E-state index contributed by atoms with van der Waals surface area (Å²) in [5.41, 5.74) is 6.13. The second kappa shape index (κ2) is 12.0. The standard InChI is InChI=1S/C25H24ClN5O3S.Na/c1-17-23(20-7-4-3-5-8-20)18(2)31(29-17)21-12-10-19(11-13-21)14-16-28-25(32)30-35(33,34)24-22(26)9-6-15-27-24;/h3-13,15H,14,16H2,1-2H3,(H2,28,30,32);/q;+1/p-1. The second-order valence-corrected chi connectivity index (χ2v) is 9.76. The van der Waals surface area contributed by atoms with Crippen LogP contribution in [0.4, 0.5) is 4.79 Å². The minimum Gasteiger partial charge on any atom is -0.448 e. The summed E-state index contributed by atoms with van der Waals surface area (Å²) in [5, 5.41) is 6.65. The normalized spacial score (nSPS) is 11.0. The molecule has 2 aromatic carbocycles. The van der Waals surface area contributed by atoms with Crippen LogP contribution in [-0.4, -0.2) is 35.8 Å². The SMILES string of the molecule is Cc1nn(-c2ccc(CCNC(=O)[N-]S(=O)(=O)c3ncccc3Cl)cc2)c(C)c1-c1ccccc1.[Na+]. The zero-order chi connectivity index (χ0) is 25.0. The zero-order valence-electron chi connectivity index (χ0n) is 20.1. The zero-order valence-corrected chi connectivity index (χ0v) is 23.7. The van der Waals surface area contributed by atoms with Gasteiger partial charge in [0, 0.05) is 17.5 Å². The van der Waals surface area contributed by atoms with E-state index in [9.17, 15) is 13.2 Å². The number of benzene rings is 2. The number of rotatable bonds is 7. The third-order valence-electron chi connectivity index (χ3n) is 5.40. The maximum absolute atomic E-state index is 12.2. The van der Waals surface area contributed by atoms with Crippen molar-refractivity contribution < 1.29 is 42.8 Å². The van der Waals surface area contributed by atoms with E-state index < -0.39 is 21.1 Å². The Bertz CT molecular complexity index is 1460. The molecule has 180 valence electrons.